The van der Waals surface area contributed by atoms with Crippen molar-refractivity contribution in [1.29, 1.82) is 0 Å². The lowest BCUT2D eigenvalue weighted by Gasteiger charge is -2.34. The third kappa shape index (κ3) is 8.20. The lowest BCUT2D eigenvalue weighted by atomic mass is 9.95. The summed E-state index contributed by atoms with van der Waals surface area (Å²) >= 11 is 0. The number of carbonyl (C=O) groups excluding carboxylic acids is 2. The molecular weight excluding hydrogens is 481 g/mol. The molecule has 0 bridgehead atoms. The number of hydrogen-bond acceptors (Lipinski definition) is 3. The fourth-order valence-electron chi connectivity index (χ4n) is 3.43. The van der Waals surface area contributed by atoms with Gasteiger partial charge in [0, 0.05) is 44.7 Å². The van der Waals surface area contributed by atoms with Crippen molar-refractivity contribution in [1.82, 2.24) is 10.2 Å². The van der Waals surface area contributed by atoms with Crippen molar-refractivity contribution in [2.24, 2.45) is 22.6 Å². The van der Waals surface area contributed by atoms with Gasteiger partial charge in [-0.2, -0.15) is 0 Å². The Bertz CT molecular complexity index is 710. The Kier molecular flexibility index (Phi) is 11.0. The molecule has 4 N–H and O–H groups in total. The summed E-state index contributed by atoms with van der Waals surface area (Å²) in [6, 6.07) is 7.84. The summed E-state index contributed by atoms with van der Waals surface area (Å²) in [7, 11) is 1.77. The molecule has 1 aliphatic rings. The zero-order valence-corrected chi connectivity index (χ0v) is 19.9. The third-order valence-electron chi connectivity index (χ3n) is 5.23. The standard InChI is InChI=1S/C21H33N5O2.HI/c1-4-15(2)20(28)25-18-9-5-7-16(11-18)13-24-21(23-3)26-10-6-8-17(14-26)12-19(22)27;/h5,7,9,11,15,17H,4,6,8,10,12-14H2,1-3H3,(H2,22,27)(H,23,24)(H,25,28);1H. The quantitative estimate of drug-likeness (QED) is 0.296. The molecule has 1 saturated heterocycles. The lowest BCUT2D eigenvalue weighted by molar-refractivity contribution is -0.120. The van der Waals surface area contributed by atoms with Crippen molar-refractivity contribution in [2.45, 2.75) is 46.1 Å². The van der Waals surface area contributed by atoms with Crippen molar-refractivity contribution >= 4 is 47.4 Å². The summed E-state index contributed by atoms with van der Waals surface area (Å²) < 4.78 is 0. The Morgan fingerprint density at radius 3 is 2.79 bits per heavy atom. The normalized spacial score (nSPS) is 17.8. The molecule has 162 valence electrons. The number of amides is 2. The van der Waals surface area contributed by atoms with Crippen molar-refractivity contribution in [3.63, 3.8) is 0 Å². The molecule has 8 heteroatoms. The highest BCUT2D eigenvalue weighted by Crippen LogP contribution is 2.19. The van der Waals surface area contributed by atoms with Gasteiger partial charge in [-0.15, -0.1) is 24.0 Å². The molecule has 0 aliphatic carbocycles. The van der Waals surface area contributed by atoms with Gasteiger partial charge in [0.1, 0.15) is 0 Å². The van der Waals surface area contributed by atoms with E-state index in [1.165, 1.54) is 0 Å². The maximum Gasteiger partial charge on any atom is 0.227 e. The number of carbonyl (C=O) groups is 2. The molecule has 1 aliphatic heterocycles. The van der Waals surface area contributed by atoms with Gasteiger partial charge < -0.3 is 21.3 Å². The highest BCUT2D eigenvalue weighted by molar-refractivity contribution is 14.0. The van der Waals surface area contributed by atoms with Crippen LogP contribution in [-0.2, 0) is 16.1 Å². The van der Waals surface area contributed by atoms with E-state index in [1.54, 1.807) is 7.05 Å². The van der Waals surface area contributed by atoms with E-state index in [1.807, 2.05) is 38.1 Å². The summed E-state index contributed by atoms with van der Waals surface area (Å²) in [6.45, 7) is 6.24. The van der Waals surface area contributed by atoms with Gasteiger partial charge >= 0.3 is 0 Å². The number of nitrogens with zero attached hydrogens (tertiary/aromatic N) is 2. The number of guanidine groups is 1. The zero-order chi connectivity index (χ0) is 20.5. The Morgan fingerprint density at radius 1 is 1.38 bits per heavy atom. The maximum absolute atomic E-state index is 12.1. The van der Waals surface area contributed by atoms with Crippen LogP contribution in [0.5, 0.6) is 0 Å². The van der Waals surface area contributed by atoms with Crippen LogP contribution in [0, 0.1) is 11.8 Å². The number of benzene rings is 1. The minimum absolute atomic E-state index is 0. The van der Waals surface area contributed by atoms with Gasteiger partial charge in [0.05, 0.1) is 0 Å². The third-order valence-corrected chi connectivity index (χ3v) is 5.23. The minimum Gasteiger partial charge on any atom is -0.370 e. The number of piperidine rings is 1. The molecule has 2 rings (SSSR count). The van der Waals surface area contributed by atoms with Crippen LogP contribution in [0.4, 0.5) is 5.69 Å². The molecule has 2 unspecified atom stereocenters. The first-order valence-electron chi connectivity index (χ1n) is 10.1. The van der Waals surface area contributed by atoms with Crippen LogP contribution in [0.3, 0.4) is 0 Å². The second-order valence-corrected chi connectivity index (χ2v) is 7.52. The number of anilines is 1. The molecule has 0 aromatic heterocycles. The number of aliphatic imine (C=N–C) groups is 1. The van der Waals surface area contributed by atoms with Gasteiger partial charge in [0.25, 0.3) is 0 Å². The maximum atomic E-state index is 12.1. The average Bonchev–Trinajstić information content (AvgIpc) is 2.68. The van der Waals surface area contributed by atoms with Crippen molar-refractivity contribution in [3.8, 4) is 0 Å². The molecule has 2 atom stereocenters. The fraction of sp³-hybridized carbons (Fsp3) is 0.571. The zero-order valence-electron chi connectivity index (χ0n) is 17.6. The number of hydrogen-bond donors (Lipinski definition) is 3. The molecule has 0 spiro atoms. The number of likely N-dealkylation sites (tertiary alicyclic amines) is 1. The lowest BCUT2D eigenvalue weighted by Crippen LogP contribution is -2.46. The Hall–Kier alpha value is -1.84. The van der Waals surface area contributed by atoms with Crippen LogP contribution >= 0.6 is 24.0 Å². The molecule has 2 amide bonds. The first-order chi connectivity index (χ1) is 13.4. The largest absolute Gasteiger partial charge is 0.370 e. The van der Waals surface area contributed by atoms with Gasteiger partial charge in [-0.05, 0) is 42.9 Å². The van der Waals surface area contributed by atoms with Crippen LogP contribution in [0.15, 0.2) is 29.3 Å². The first kappa shape index (κ1) is 25.2. The SMILES string of the molecule is CCC(C)C(=O)Nc1cccc(CNC(=NC)N2CCCC(CC(N)=O)C2)c1.I. The number of primary amides is 1. The second kappa shape index (κ2) is 12.7. The van der Waals surface area contributed by atoms with E-state index in [2.05, 4.69) is 20.5 Å². The van der Waals surface area contributed by atoms with Gasteiger partial charge in [-0.1, -0.05) is 26.0 Å². The van der Waals surface area contributed by atoms with Crippen LogP contribution < -0.4 is 16.4 Å². The van der Waals surface area contributed by atoms with E-state index >= 15 is 0 Å². The number of nitrogens with one attached hydrogen (secondary N) is 2. The van der Waals surface area contributed by atoms with Crippen molar-refractivity contribution < 1.29 is 9.59 Å². The van der Waals surface area contributed by atoms with E-state index in [0.717, 1.165) is 49.6 Å². The van der Waals surface area contributed by atoms with Gasteiger partial charge in [-0.3, -0.25) is 14.6 Å². The molecule has 29 heavy (non-hydrogen) atoms. The molecule has 0 saturated carbocycles. The Morgan fingerprint density at radius 2 is 2.14 bits per heavy atom. The average molecular weight is 515 g/mol. The summed E-state index contributed by atoms with van der Waals surface area (Å²) in [5.41, 5.74) is 7.22. The Labute approximate surface area is 190 Å². The van der Waals surface area contributed by atoms with Crippen molar-refractivity contribution in [3.05, 3.63) is 29.8 Å². The van der Waals surface area contributed by atoms with E-state index in [0.29, 0.717) is 13.0 Å². The second-order valence-electron chi connectivity index (χ2n) is 7.52. The summed E-state index contributed by atoms with van der Waals surface area (Å²) in [5.74, 6) is 0.892. The van der Waals surface area contributed by atoms with Crippen LogP contribution in [0.25, 0.3) is 0 Å². The monoisotopic (exact) mass is 515 g/mol. The molecule has 1 aromatic carbocycles. The predicted octanol–water partition coefficient (Wildman–Crippen LogP) is 2.95. The highest BCUT2D eigenvalue weighted by Gasteiger charge is 2.23. The number of halogens is 1. The van der Waals surface area contributed by atoms with E-state index in [-0.39, 0.29) is 47.6 Å². The van der Waals surface area contributed by atoms with Crippen molar-refractivity contribution in [2.75, 3.05) is 25.5 Å². The van der Waals surface area contributed by atoms with Crippen LogP contribution in [-0.4, -0.2) is 42.8 Å². The number of rotatable bonds is 7. The summed E-state index contributed by atoms with van der Waals surface area (Å²) in [6.07, 6.45) is 3.28. The molecule has 1 heterocycles. The fourth-order valence-corrected chi connectivity index (χ4v) is 3.43. The predicted molar refractivity (Wildman–Crippen MR) is 128 cm³/mol. The minimum atomic E-state index is -0.244. The molecular formula is C21H34IN5O2. The van der Waals surface area contributed by atoms with Gasteiger partial charge in [0.2, 0.25) is 11.8 Å². The molecule has 0 radical (unpaired) electrons. The first-order valence-corrected chi connectivity index (χ1v) is 10.1. The number of nitrogens with two attached hydrogens (primary N) is 1. The van der Waals surface area contributed by atoms with Gasteiger partial charge in [0.15, 0.2) is 5.96 Å². The van der Waals surface area contributed by atoms with E-state index in [9.17, 15) is 9.59 Å². The summed E-state index contributed by atoms with van der Waals surface area (Å²) in [4.78, 5) is 29.9. The van der Waals surface area contributed by atoms with Gasteiger partial charge in [-0.25, -0.2) is 0 Å². The van der Waals surface area contributed by atoms with Crippen LogP contribution in [0.1, 0.15) is 45.1 Å². The smallest absolute Gasteiger partial charge is 0.227 e. The molecule has 1 aromatic rings. The Balaban J connectivity index is 0.00000420. The summed E-state index contributed by atoms with van der Waals surface area (Å²) in [5, 5.41) is 6.36. The highest BCUT2D eigenvalue weighted by atomic mass is 127. The van der Waals surface area contributed by atoms with Crippen LogP contribution in [0.2, 0.25) is 0 Å². The molecule has 1 fully saturated rings. The topological polar surface area (TPSA) is 99.8 Å². The van der Waals surface area contributed by atoms with E-state index in [4.69, 9.17) is 5.73 Å². The van der Waals surface area contributed by atoms with E-state index < -0.39 is 0 Å². The molecule has 7 nitrogen and oxygen atoms in total.